The fourth-order valence-corrected chi connectivity index (χ4v) is 2.67. The van der Waals surface area contributed by atoms with Gasteiger partial charge in [0.15, 0.2) is 5.96 Å². The van der Waals surface area contributed by atoms with Crippen molar-refractivity contribution in [3.8, 4) is 0 Å². The van der Waals surface area contributed by atoms with Gasteiger partial charge in [0.05, 0.1) is 12.1 Å². The standard InChI is InChI=1S/C16H31F3N4O/c1-15(2,24-4)11-22-14(20-3)21-8-5-13-6-9-23(10-7-13)12-16(17,18)19/h13H,5-12H2,1-4H3,(H2,20,21,22). The first-order chi connectivity index (χ1) is 11.1. The van der Waals surface area contributed by atoms with E-state index in [4.69, 9.17) is 4.74 Å². The molecule has 0 radical (unpaired) electrons. The molecule has 1 aliphatic rings. The molecule has 0 amide bonds. The van der Waals surface area contributed by atoms with Crippen LogP contribution in [-0.4, -0.2) is 69.5 Å². The van der Waals surface area contributed by atoms with Crippen LogP contribution < -0.4 is 10.6 Å². The summed E-state index contributed by atoms with van der Waals surface area (Å²) < 4.78 is 42.5. The summed E-state index contributed by atoms with van der Waals surface area (Å²) in [6, 6.07) is 0. The molecule has 0 saturated carbocycles. The van der Waals surface area contributed by atoms with Crippen molar-refractivity contribution < 1.29 is 17.9 Å². The number of hydrogen-bond acceptors (Lipinski definition) is 3. The van der Waals surface area contributed by atoms with Crippen LogP contribution in [0.4, 0.5) is 13.2 Å². The molecule has 1 aliphatic heterocycles. The van der Waals surface area contributed by atoms with Crippen molar-refractivity contribution in [3.05, 3.63) is 0 Å². The van der Waals surface area contributed by atoms with Gasteiger partial charge in [-0.3, -0.25) is 9.89 Å². The Hall–Kier alpha value is -1.02. The molecular formula is C16H31F3N4O. The zero-order valence-corrected chi connectivity index (χ0v) is 15.2. The molecule has 1 fully saturated rings. The van der Waals surface area contributed by atoms with Crippen molar-refractivity contribution in [2.24, 2.45) is 10.9 Å². The average molecular weight is 352 g/mol. The van der Waals surface area contributed by atoms with Crippen LogP contribution in [0.1, 0.15) is 33.1 Å². The first kappa shape index (κ1) is 21.0. The molecule has 0 unspecified atom stereocenters. The van der Waals surface area contributed by atoms with E-state index in [1.54, 1.807) is 14.2 Å². The average Bonchev–Trinajstić information content (AvgIpc) is 2.51. The number of nitrogens with zero attached hydrogens (tertiary/aromatic N) is 2. The third kappa shape index (κ3) is 8.73. The van der Waals surface area contributed by atoms with Crippen LogP contribution in [-0.2, 0) is 4.74 Å². The highest BCUT2D eigenvalue weighted by molar-refractivity contribution is 5.79. The van der Waals surface area contributed by atoms with E-state index < -0.39 is 12.7 Å². The Morgan fingerprint density at radius 3 is 2.33 bits per heavy atom. The van der Waals surface area contributed by atoms with Crippen LogP contribution in [0.5, 0.6) is 0 Å². The predicted molar refractivity (Wildman–Crippen MR) is 90.3 cm³/mol. The smallest absolute Gasteiger partial charge is 0.377 e. The maximum Gasteiger partial charge on any atom is 0.401 e. The molecule has 24 heavy (non-hydrogen) atoms. The van der Waals surface area contributed by atoms with Gasteiger partial charge in [0.2, 0.25) is 0 Å². The van der Waals surface area contributed by atoms with Gasteiger partial charge in [-0.1, -0.05) is 0 Å². The van der Waals surface area contributed by atoms with Crippen molar-refractivity contribution >= 4 is 5.96 Å². The van der Waals surface area contributed by atoms with Crippen LogP contribution in [0.25, 0.3) is 0 Å². The van der Waals surface area contributed by atoms with Crippen LogP contribution in [0, 0.1) is 5.92 Å². The van der Waals surface area contributed by atoms with E-state index in [2.05, 4.69) is 15.6 Å². The number of rotatable bonds is 7. The molecule has 8 heteroatoms. The Morgan fingerprint density at radius 1 is 1.21 bits per heavy atom. The van der Waals surface area contributed by atoms with Gasteiger partial charge in [0.25, 0.3) is 0 Å². The predicted octanol–water partition coefficient (Wildman–Crippen LogP) is 2.24. The van der Waals surface area contributed by atoms with Crippen LogP contribution in [0.3, 0.4) is 0 Å². The summed E-state index contributed by atoms with van der Waals surface area (Å²) in [7, 11) is 3.38. The molecule has 0 aromatic heterocycles. The number of hydrogen-bond donors (Lipinski definition) is 2. The van der Waals surface area contributed by atoms with Crippen molar-refractivity contribution in [3.63, 3.8) is 0 Å². The maximum absolute atomic E-state index is 12.4. The summed E-state index contributed by atoms with van der Waals surface area (Å²) in [5.74, 6) is 1.19. The minimum atomic E-state index is -4.09. The van der Waals surface area contributed by atoms with E-state index >= 15 is 0 Å². The van der Waals surface area contributed by atoms with Gasteiger partial charge in [0, 0.05) is 27.2 Å². The minimum Gasteiger partial charge on any atom is -0.377 e. The Labute approximate surface area is 143 Å². The molecule has 2 N–H and O–H groups in total. The number of nitrogens with one attached hydrogen (secondary N) is 2. The maximum atomic E-state index is 12.4. The molecule has 1 heterocycles. The molecule has 1 rings (SSSR count). The zero-order valence-electron chi connectivity index (χ0n) is 15.2. The molecule has 0 aromatic carbocycles. The Kier molecular flexibility index (Phi) is 8.29. The van der Waals surface area contributed by atoms with Crippen LogP contribution in [0.15, 0.2) is 4.99 Å². The SMILES string of the molecule is CN=C(NCCC1CCN(CC(F)(F)F)CC1)NCC(C)(C)OC. The zero-order chi connectivity index (χ0) is 18.2. The van der Waals surface area contributed by atoms with E-state index in [1.165, 1.54) is 4.90 Å². The lowest BCUT2D eigenvalue weighted by molar-refractivity contribution is -0.148. The second-order valence-electron chi connectivity index (χ2n) is 6.94. The lowest BCUT2D eigenvalue weighted by atomic mass is 9.93. The Balaban J connectivity index is 2.21. The molecule has 0 aliphatic carbocycles. The number of ether oxygens (including phenoxy) is 1. The summed E-state index contributed by atoms with van der Waals surface area (Å²) in [5.41, 5.74) is -0.275. The van der Waals surface area contributed by atoms with Gasteiger partial charge >= 0.3 is 6.18 Å². The molecule has 142 valence electrons. The molecule has 5 nitrogen and oxygen atoms in total. The number of piperidine rings is 1. The molecule has 0 aromatic rings. The second-order valence-corrected chi connectivity index (χ2v) is 6.94. The van der Waals surface area contributed by atoms with Gasteiger partial charge in [-0.05, 0) is 52.1 Å². The molecular weight excluding hydrogens is 321 g/mol. The van der Waals surface area contributed by atoms with E-state index in [-0.39, 0.29) is 5.60 Å². The normalized spacial score (nSPS) is 18.7. The molecule has 0 spiro atoms. The van der Waals surface area contributed by atoms with Gasteiger partial charge in [-0.15, -0.1) is 0 Å². The topological polar surface area (TPSA) is 48.9 Å². The van der Waals surface area contributed by atoms with E-state index in [1.807, 2.05) is 13.8 Å². The summed E-state index contributed by atoms with van der Waals surface area (Å²) in [5, 5.41) is 6.46. The van der Waals surface area contributed by atoms with Crippen molar-refractivity contribution in [2.45, 2.75) is 44.9 Å². The highest BCUT2D eigenvalue weighted by Gasteiger charge is 2.32. The first-order valence-corrected chi connectivity index (χ1v) is 8.44. The molecule has 0 bridgehead atoms. The first-order valence-electron chi connectivity index (χ1n) is 8.44. The van der Waals surface area contributed by atoms with E-state index in [9.17, 15) is 13.2 Å². The van der Waals surface area contributed by atoms with Crippen molar-refractivity contribution in [1.82, 2.24) is 15.5 Å². The van der Waals surface area contributed by atoms with Gasteiger partial charge in [-0.25, -0.2) is 0 Å². The lowest BCUT2D eigenvalue weighted by Crippen LogP contribution is -2.46. The number of aliphatic imine (C=N–C) groups is 1. The summed E-state index contributed by atoms with van der Waals surface area (Å²) >= 11 is 0. The quantitative estimate of drug-likeness (QED) is 0.545. The largest absolute Gasteiger partial charge is 0.401 e. The Morgan fingerprint density at radius 2 is 1.83 bits per heavy atom. The van der Waals surface area contributed by atoms with Crippen LogP contribution >= 0.6 is 0 Å². The minimum absolute atomic E-state index is 0.275. The van der Waals surface area contributed by atoms with Crippen molar-refractivity contribution in [1.29, 1.82) is 0 Å². The van der Waals surface area contributed by atoms with E-state index in [0.717, 1.165) is 31.8 Å². The lowest BCUT2D eigenvalue weighted by Gasteiger charge is -2.32. The highest BCUT2D eigenvalue weighted by atomic mass is 19.4. The number of likely N-dealkylation sites (tertiary alicyclic amines) is 1. The molecule has 1 saturated heterocycles. The number of halogens is 3. The summed E-state index contributed by atoms with van der Waals surface area (Å²) in [6.07, 6.45) is -1.52. The van der Waals surface area contributed by atoms with Gasteiger partial charge < -0.3 is 15.4 Å². The number of methoxy groups -OCH3 is 1. The summed E-state index contributed by atoms with van der Waals surface area (Å²) in [6.45, 7) is 5.64. The highest BCUT2D eigenvalue weighted by Crippen LogP contribution is 2.23. The van der Waals surface area contributed by atoms with Gasteiger partial charge in [-0.2, -0.15) is 13.2 Å². The second kappa shape index (κ2) is 9.46. The third-order valence-corrected chi connectivity index (χ3v) is 4.41. The fraction of sp³-hybridized carbons (Fsp3) is 0.938. The summed E-state index contributed by atoms with van der Waals surface area (Å²) in [4.78, 5) is 5.66. The number of guanidine groups is 1. The van der Waals surface area contributed by atoms with Crippen molar-refractivity contribution in [2.75, 3.05) is 46.9 Å². The van der Waals surface area contributed by atoms with E-state index in [0.29, 0.717) is 25.6 Å². The fourth-order valence-electron chi connectivity index (χ4n) is 2.67. The molecule has 0 atom stereocenters. The monoisotopic (exact) mass is 352 g/mol. The third-order valence-electron chi connectivity index (χ3n) is 4.41. The Bertz CT molecular complexity index is 391. The van der Waals surface area contributed by atoms with Gasteiger partial charge in [0.1, 0.15) is 0 Å². The van der Waals surface area contributed by atoms with Crippen LogP contribution in [0.2, 0.25) is 0 Å². The number of alkyl halides is 3.